The minimum Gasteiger partial charge on any atom is -0.332 e. The van der Waals surface area contributed by atoms with Crippen molar-refractivity contribution in [3.05, 3.63) is 39.6 Å². The molecule has 9 heteroatoms. The molecule has 0 aromatic carbocycles. The number of hydrogen-bond donors (Lipinski definition) is 1. The number of allylic oxidation sites excluding steroid dienone is 2. The number of nitrogens with zero attached hydrogens (tertiary/aromatic N) is 3. The van der Waals surface area contributed by atoms with Crippen molar-refractivity contribution in [2.75, 3.05) is 19.3 Å². The number of fused-ring (bicyclic) bond motifs is 1. The van der Waals surface area contributed by atoms with Crippen molar-refractivity contribution in [1.82, 2.24) is 19.2 Å². The molecule has 3 heterocycles. The maximum atomic E-state index is 13.6. The molecule has 0 radical (unpaired) electrons. The molecule has 2 bridgehead atoms. The van der Waals surface area contributed by atoms with Gasteiger partial charge in [-0.2, -0.15) is 4.31 Å². The molecule has 1 N–H and O–H groups in total. The zero-order chi connectivity index (χ0) is 21.5. The van der Waals surface area contributed by atoms with Gasteiger partial charge in [-0.1, -0.05) is 12.2 Å². The molecule has 1 saturated heterocycles. The number of amides is 1. The summed E-state index contributed by atoms with van der Waals surface area (Å²) in [6, 6.07) is -0.239. The van der Waals surface area contributed by atoms with Crippen LogP contribution in [0.25, 0.3) is 0 Å². The second-order valence-electron chi connectivity index (χ2n) is 10.0. The number of nitrogens with one attached hydrogen (secondary N) is 1. The molecule has 2 aliphatic heterocycles. The van der Waals surface area contributed by atoms with Gasteiger partial charge in [0.05, 0.1) is 24.5 Å². The third-order valence-corrected chi connectivity index (χ3v) is 9.67. The third kappa shape index (κ3) is 2.88. The fourth-order valence-corrected chi connectivity index (χ4v) is 7.44. The molecule has 31 heavy (non-hydrogen) atoms. The lowest BCUT2D eigenvalue weighted by Crippen LogP contribution is -2.41. The van der Waals surface area contributed by atoms with Crippen molar-refractivity contribution in [2.24, 2.45) is 23.2 Å². The van der Waals surface area contributed by atoms with E-state index in [0.717, 1.165) is 19.3 Å². The zero-order valence-corrected chi connectivity index (χ0v) is 18.5. The molecular weight excluding hydrogens is 416 g/mol. The molecular formula is C22H28N4O4S. The molecule has 1 spiro atoms. The van der Waals surface area contributed by atoms with Crippen LogP contribution in [-0.2, 0) is 27.8 Å². The van der Waals surface area contributed by atoms with E-state index in [-0.39, 0.29) is 30.0 Å². The van der Waals surface area contributed by atoms with E-state index in [1.165, 1.54) is 23.4 Å². The summed E-state index contributed by atoms with van der Waals surface area (Å²) in [6.45, 7) is 1.10. The van der Waals surface area contributed by atoms with Gasteiger partial charge < -0.3 is 9.88 Å². The standard InChI is InChI=1S/C22H28N4O4S/c1-31(29,30)25-10-6-14-17(12-25)23-19(24-20(14)27)18-3-2-9-26(18)21(28)15-11-13-4-5-16(15)22(13)7-8-22/h4-5,13,15-16,18H,2-3,6-12H2,1H3,(H,23,24,27)/t13-,15+,16-,18-/m0/s1. The SMILES string of the molecule is CS(=O)(=O)N1CCc2c(nc([C@@H]3CCCN3C(=O)[C@@H]3C[C@@H]4C=C[C@@H]3C43CC3)[nH]c2=O)C1. The van der Waals surface area contributed by atoms with Gasteiger partial charge in [0.2, 0.25) is 15.9 Å². The monoisotopic (exact) mass is 444 g/mol. The van der Waals surface area contributed by atoms with Crippen LogP contribution < -0.4 is 5.56 Å². The Morgan fingerprint density at radius 2 is 2.06 bits per heavy atom. The quantitative estimate of drug-likeness (QED) is 0.709. The number of H-pyrrole nitrogens is 1. The lowest BCUT2D eigenvalue weighted by Gasteiger charge is -2.31. The molecule has 1 aromatic rings. The summed E-state index contributed by atoms with van der Waals surface area (Å²) >= 11 is 0. The fourth-order valence-electron chi connectivity index (χ4n) is 6.66. The van der Waals surface area contributed by atoms with Crippen molar-refractivity contribution >= 4 is 15.9 Å². The predicted molar refractivity (Wildman–Crippen MR) is 113 cm³/mol. The van der Waals surface area contributed by atoms with E-state index >= 15 is 0 Å². The fraction of sp³-hybridized carbons (Fsp3) is 0.682. The first-order valence-electron chi connectivity index (χ1n) is 11.3. The van der Waals surface area contributed by atoms with Gasteiger partial charge in [0.15, 0.2) is 0 Å². The van der Waals surface area contributed by atoms with Gasteiger partial charge in [-0.25, -0.2) is 13.4 Å². The van der Waals surface area contributed by atoms with Crippen LogP contribution in [0, 0.1) is 23.2 Å². The number of hydrogen-bond acceptors (Lipinski definition) is 5. The van der Waals surface area contributed by atoms with Crippen LogP contribution in [0.3, 0.4) is 0 Å². The number of aromatic nitrogens is 2. The van der Waals surface area contributed by atoms with E-state index < -0.39 is 10.0 Å². The molecule has 1 aromatic heterocycles. The van der Waals surface area contributed by atoms with Crippen molar-refractivity contribution in [3.63, 3.8) is 0 Å². The Morgan fingerprint density at radius 3 is 2.77 bits per heavy atom. The van der Waals surface area contributed by atoms with Crippen LogP contribution in [0.1, 0.15) is 55.2 Å². The van der Waals surface area contributed by atoms with Crippen molar-refractivity contribution in [2.45, 2.75) is 51.1 Å². The lowest BCUT2D eigenvalue weighted by atomic mass is 9.88. The Balaban J connectivity index is 1.29. The second-order valence-corrected chi connectivity index (χ2v) is 12.0. The molecule has 2 saturated carbocycles. The molecule has 3 aliphatic carbocycles. The van der Waals surface area contributed by atoms with Gasteiger partial charge >= 0.3 is 0 Å². The van der Waals surface area contributed by atoms with Crippen LogP contribution >= 0.6 is 0 Å². The normalized spacial score (nSPS) is 33.3. The highest BCUT2D eigenvalue weighted by Crippen LogP contribution is 2.70. The molecule has 166 valence electrons. The predicted octanol–water partition coefficient (Wildman–Crippen LogP) is 1.35. The van der Waals surface area contributed by atoms with E-state index in [1.54, 1.807) is 0 Å². The summed E-state index contributed by atoms with van der Waals surface area (Å²) < 4.78 is 25.3. The Hall–Kier alpha value is -2.00. The Bertz CT molecular complexity index is 1150. The van der Waals surface area contributed by atoms with Gasteiger partial charge in [-0.15, -0.1) is 0 Å². The van der Waals surface area contributed by atoms with E-state index in [9.17, 15) is 18.0 Å². The van der Waals surface area contributed by atoms with Crippen LogP contribution in [-0.4, -0.2) is 52.8 Å². The largest absolute Gasteiger partial charge is 0.332 e. The number of carbonyl (C=O) groups excluding carboxylic acids is 1. The van der Waals surface area contributed by atoms with Gasteiger partial charge in [-0.3, -0.25) is 9.59 Å². The van der Waals surface area contributed by atoms with Crippen LogP contribution in [0.4, 0.5) is 0 Å². The average Bonchev–Trinajstić information content (AvgIpc) is 3.12. The average molecular weight is 445 g/mol. The third-order valence-electron chi connectivity index (χ3n) is 8.42. The van der Waals surface area contributed by atoms with Gasteiger partial charge in [0.1, 0.15) is 5.82 Å². The number of sulfonamides is 1. The van der Waals surface area contributed by atoms with Crippen molar-refractivity contribution in [3.8, 4) is 0 Å². The Morgan fingerprint density at radius 1 is 1.26 bits per heavy atom. The first kappa shape index (κ1) is 19.7. The summed E-state index contributed by atoms with van der Waals surface area (Å²) in [5.41, 5.74) is 1.25. The smallest absolute Gasteiger partial charge is 0.254 e. The van der Waals surface area contributed by atoms with E-state index in [4.69, 9.17) is 4.98 Å². The number of rotatable bonds is 3. The van der Waals surface area contributed by atoms with Crippen molar-refractivity contribution in [1.29, 1.82) is 0 Å². The molecule has 4 atom stereocenters. The van der Waals surface area contributed by atoms with Crippen molar-refractivity contribution < 1.29 is 13.2 Å². The molecule has 0 unspecified atom stereocenters. The molecule has 1 amide bonds. The molecule has 6 rings (SSSR count). The van der Waals surface area contributed by atoms with Crippen LogP contribution in [0.5, 0.6) is 0 Å². The van der Waals surface area contributed by atoms with Crippen LogP contribution in [0.15, 0.2) is 16.9 Å². The van der Waals surface area contributed by atoms with E-state index in [0.29, 0.717) is 53.8 Å². The molecule has 8 nitrogen and oxygen atoms in total. The maximum absolute atomic E-state index is 13.6. The number of likely N-dealkylation sites (tertiary alicyclic amines) is 1. The summed E-state index contributed by atoms with van der Waals surface area (Å²) in [4.78, 5) is 35.9. The zero-order valence-electron chi connectivity index (χ0n) is 17.7. The molecule has 3 fully saturated rings. The van der Waals surface area contributed by atoms with Crippen LogP contribution in [0.2, 0.25) is 0 Å². The summed E-state index contributed by atoms with van der Waals surface area (Å²) in [6.07, 6.45) is 11.2. The van der Waals surface area contributed by atoms with E-state index in [1.807, 2.05) is 4.90 Å². The van der Waals surface area contributed by atoms with E-state index in [2.05, 4.69) is 17.1 Å². The topological polar surface area (TPSA) is 103 Å². The minimum atomic E-state index is -3.35. The highest BCUT2D eigenvalue weighted by atomic mass is 32.2. The number of aromatic amines is 1. The first-order valence-corrected chi connectivity index (χ1v) is 13.2. The second kappa shape index (κ2) is 6.51. The highest BCUT2D eigenvalue weighted by molar-refractivity contribution is 7.88. The lowest BCUT2D eigenvalue weighted by molar-refractivity contribution is -0.137. The van der Waals surface area contributed by atoms with Gasteiger partial charge in [-0.05, 0) is 55.8 Å². The Kier molecular flexibility index (Phi) is 4.13. The summed E-state index contributed by atoms with van der Waals surface area (Å²) in [7, 11) is -3.35. The van der Waals surface area contributed by atoms with Gasteiger partial charge in [0, 0.05) is 24.6 Å². The summed E-state index contributed by atoms with van der Waals surface area (Å²) in [5.74, 6) is 1.66. The minimum absolute atomic E-state index is 0.0446. The first-order chi connectivity index (χ1) is 14.8. The highest BCUT2D eigenvalue weighted by Gasteiger charge is 2.64. The van der Waals surface area contributed by atoms with Gasteiger partial charge in [0.25, 0.3) is 5.56 Å². The summed E-state index contributed by atoms with van der Waals surface area (Å²) in [5, 5.41) is 0. The number of carbonyl (C=O) groups is 1. The molecule has 5 aliphatic rings. The maximum Gasteiger partial charge on any atom is 0.254 e. The Labute approximate surface area is 181 Å².